The summed E-state index contributed by atoms with van der Waals surface area (Å²) in [5.41, 5.74) is 4.18. The van der Waals surface area contributed by atoms with Crippen LogP contribution < -0.4 is 0 Å². The fourth-order valence-electron chi connectivity index (χ4n) is 2.46. The van der Waals surface area contributed by atoms with Crippen LogP contribution in [0.15, 0.2) is 84.9 Å². The Morgan fingerprint density at radius 3 is 2.25 bits per heavy atom. The molecule has 0 aromatic heterocycles. The Hall–Kier alpha value is -1.81. The van der Waals surface area contributed by atoms with E-state index in [1.54, 1.807) is 0 Å². The first kappa shape index (κ1) is 14.6. The molecule has 0 saturated carbocycles. The summed E-state index contributed by atoms with van der Waals surface area (Å²) < 4.78 is 0. The molecule has 0 aliphatic heterocycles. The molecule has 0 bridgehead atoms. The van der Waals surface area contributed by atoms with Gasteiger partial charge in [0, 0.05) is 5.92 Å². The Labute approximate surface area is 131 Å². The van der Waals surface area contributed by atoms with Crippen LogP contribution >= 0.6 is 0 Å². The smallest absolute Gasteiger partial charge is 0.214 e. The number of benzene rings is 1. The molecule has 3 aromatic carbocycles. The molecule has 4 rings (SSSR count). The van der Waals surface area contributed by atoms with Crippen molar-refractivity contribution in [3.63, 3.8) is 0 Å². The van der Waals surface area contributed by atoms with Gasteiger partial charge in [0.15, 0.2) is 0 Å². The Balaban J connectivity index is 0.000000210. The molecule has 0 saturated heterocycles. The molecule has 98 valence electrons. The van der Waals surface area contributed by atoms with Crippen LogP contribution in [0.4, 0.5) is 0 Å². The molecule has 0 heterocycles. The minimum Gasteiger partial charge on any atom is -0.214 e. The molecule has 0 N–H and O–H groups in total. The van der Waals surface area contributed by atoms with Gasteiger partial charge in [0.2, 0.25) is 0 Å². The normalized spacial score (nSPS) is 14.9. The minimum atomic E-state index is 0. The van der Waals surface area contributed by atoms with Crippen LogP contribution in [0.2, 0.25) is 0 Å². The van der Waals surface area contributed by atoms with Crippen LogP contribution in [0, 0.1) is 0 Å². The molecule has 0 amide bonds. The number of hydrogen-bond acceptors (Lipinski definition) is 0. The van der Waals surface area contributed by atoms with Crippen molar-refractivity contribution >= 4 is 6.08 Å². The predicted molar refractivity (Wildman–Crippen MR) is 81.4 cm³/mol. The first-order valence-electron chi connectivity index (χ1n) is 6.60. The molecule has 1 aliphatic carbocycles. The summed E-state index contributed by atoms with van der Waals surface area (Å²) in [6, 6.07) is 27.2. The second-order valence-corrected chi connectivity index (χ2v) is 4.65. The topological polar surface area (TPSA) is 0 Å². The van der Waals surface area contributed by atoms with E-state index < -0.39 is 0 Å². The van der Waals surface area contributed by atoms with E-state index in [-0.39, 0.29) is 17.4 Å². The molecule has 20 heavy (non-hydrogen) atoms. The Kier molecular flexibility index (Phi) is 5.18. The molecule has 1 atom stereocenters. The van der Waals surface area contributed by atoms with E-state index in [2.05, 4.69) is 60.7 Å². The van der Waals surface area contributed by atoms with Gasteiger partial charge >= 0.3 is 17.4 Å². The van der Waals surface area contributed by atoms with Crippen molar-refractivity contribution in [1.82, 2.24) is 0 Å². The third-order valence-electron chi connectivity index (χ3n) is 3.40. The summed E-state index contributed by atoms with van der Waals surface area (Å²) in [5, 5.41) is 0. The van der Waals surface area contributed by atoms with E-state index in [9.17, 15) is 0 Å². The van der Waals surface area contributed by atoms with Gasteiger partial charge in [-0.25, -0.2) is 24.3 Å². The van der Waals surface area contributed by atoms with Gasteiger partial charge < -0.3 is 0 Å². The summed E-state index contributed by atoms with van der Waals surface area (Å²) in [4.78, 5) is 0. The fraction of sp³-hybridized carbons (Fsp3) is 0.0526. The van der Waals surface area contributed by atoms with E-state index in [0.29, 0.717) is 5.92 Å². The van der Waals surface area contributed by atoms with Crippen LogP contribution in [0.25, 0.3) is 6.08 Å². The van der Waals surface area contributed by atoms with Gasteiger partial charge in [-0.1, -0.05) is 36.4 Å². The third kappa shape index (κ3) is 3.20. The van der Waals surface area contributed by atoms with Crippen LogP contribution in [-0.4, -0.2) is 0 Å². The van der Waals surface area contributed by atoms with E-state index in [0.717, 1.165) is 0 Å². The summed E-state index contributed by atoms with van der Waals surface area (Å²) in [5.74, 6) is 0.473. The van der Waals surface area contributed by atoms with Crippen molar-refractivity contribution in [3.8, 4) is 0 Å². The monoisotopic (exact) mass is 296 g/mol. The van der Waals surface area contributed by atoms with Gasteiger partial charge in [0.25, 0.3) is 0 Å². The van der Waals surface area contributed by atoms with E-state index >= 15 is 0 Å². The Bertz CT molecular complexity index is 613. The maximum atomic E-state index is 2.28. The van der Waals surface area contributed by atoms with E-state index in [1.807, 2.05) is 30.3 Å². The second kappa shape index (κ2) is 7.10. The molecule has 1 unspecified atom stereocenters. The molecule has 0 nitrogen and oxygen atoms in total. The largest absolute Gasteiger partial charge is 2.00 e. The average molecular weight is 296 g/mol. The van der Waals surface area contributed by atoms with Gasteiger partial charge in [-0.05, 0) is 11.1 Å². The van der Waals surface area contributed by atoms with Gasteiger partial charge in [0.05, 0.1) is 0 Å². The first-order chi connectivity index (χ1) is 9.45. The van der Waals surface area contributed by atoms with Crippen LogP contribution in [0.5, 0.6) is 0 Å². The number of allylic oxidation sites excluding steroid dienone is 1. The minimum absolute atomic E-state index is 0. The first-order valence-corrected chi connectivity index (χ1v) is 6.60. The SMILES string of the molecule is C1=CC(c2ccc[cH-]2)c2ccccc21.[Cr+2].c1cc[cH-]c1. The molecule has 0 spiro atoms. The van der Waals surface area contributed by atoms with Gasteiger partial charge in [0.1, 0.15) is 0 Å². The standard InChI is InChI=1S/C14H11.C5H5.Cr/c1-2-6-11(5-1)14-10-9-12-7-3-4-8-13(12)14;1-2-4-5-3-1;/h1-10,14H;1-5H;/q2*-1;+2. The summed E-state index contributed by atoms with van der Waals surface area (Å²) in [7, 11) is 0. The molecule has 0 radical (unpaired) electrons. The Morgan fingerprint density at radius 1 is 0.800 bits per heavy atom. The number of rotatable bonds is 1. The molecule has 3 aromatic rings. The average Bonchev–Trinajstić information content (AvgIpc) is 3.21. The van der Waals surface area contributed by atoms with Gasteiger partial charge in [-0.3, -0.25) is 0 Å². The van der Waals surface area contributed by atoms with Crippen molar-refractivity contribution in [1.29, 1.82) is 0 Å². The van der Waals surface area contributed by atoms with Crippen molar-refractivity contribution in [2.75, 3.05) is 0 Å². The van der Waals surface area contributed by atoms with E-state index in [1.165, 1.54) is 16.7 Å². The molecular formula is C19H16Cr. The summed E-state index contributed by atoms with van der Waals surface area (Å²) in [6.07, 6.45) is 4.49. The molecular weight excluding hydrogens is 280 g/mol. The summed E-state index contributed by atoms with van der Waals surface area (Å²) >= 11 is 0. The molecule has 0 fully saturated rings. The van der Waals surface area contributed by atoms with Crippen LogP contribution in [-0.2, 0) is 17.4 Å². The third-order valence-corrected chi connectivity index (χ3v) is 3.40. The molecule has 1 heteroatoms. The van der Waals surface area contributed by atoms with Gasteiger partial charge in [-0.2, -0.15) is 35.9 Å². The van der Waals surface area contributed by atoms with Crippen molar-refractivity contribution in [2.24, 2.45) is 0 Å². The summed E-state index contributed by atoms with van der Waals surface area (Å²) in [6.45, 7) is 0. The Morgan fingerprint density at radius 2 is 1.60 bits per heavy atom. The maximum absolute atomic E-state index is 2.28. The maximum Gasteiger partial charge on any atom is 2.00 e. The predicted octanol–water partition coefficient (Wildman–Crippen LogP) is 4.97. The zero-order valence-corrected chi connectivity index (χ0v) is 12.4. The van der Waals surface area contributed by atoms with Gasteiger partial charge in [-0.15, -0.1) is 0 Å². The van der Waals surface area contributed by atoms with Crippen molar-refractivity contribution in [3.05, 3.63) is 102 Å². The van der Waals surface area contributed by atoms with E-state index in [4.69, 9.17) is 0 Å². The number of fused-ring (bicyclic) bond motifs is 1. The van der Waals surface area contributed by atoms with Crippen molar-refractivity contribution in [2.45, 2.75) is 5.92 Å². The molecule has 1 aliphatic rings. The zero-order chi connectivity index (χ0) is 12.9. The fourth-order valence-corrected chi connectivity index (χ4v) is 2.46. The van der Waals surface area contributed by atoms with Crippen LogP contribution in [0.1, 0.15) is 22.6 Å². The van der Waals surface area contributed by atoms with Crippen LogP contribution in [0.3, 0.4) is 0 Å². The number of hydrogen-bond donors (Lipinski definition) is 0. The zero-order valence-electron chi connectivity index (χ0n) is 11.1. The second-order valence-electron chi connectivity index (χ2n) is 4.65. The quantitative estimate of drug-likeness (QED) is 0.556. The van der Waals surface area contributed by atoms with Crippen molar-refractivity contribution < 1.29 is 17.4 Å².